The van der Waals surface area contributed by atoms with E-state index in [-0.39, 0.29) is 11.3 Å². The molecular formula is C13H22O2. The summed E-state index contributed by atoms with van der Waals surface area (Å²) >= 11 is 0. The first kappa shape index (κ1) is 11.0. The molecule has 2 heteroatoms. The van der Waals surface area contributed by atoms with Gasteiger partial charge in [-0.2, -0.15) is 0 Å². The summed E-state index contributed by atoms with van der Waals surface area (Å²) < 4.78 is 0. The van der Waals surface area contributed by atoms with Gasteiger partial charge in [-0.3, -0.25) is 4.79 Å². The molecule has 86 valence electrons. The summed E-state index contributed by atoms with van der Waals surface area (Å²) in [5, 5.41) is 9.16. The van der Waals surface area contributed by atoms with Crippen LogP contribution in [0.5, 0.6) is 0 Å². The zero-order valence-corrected chi connectivity index (χ0v) is 9.83. The molecule has 2 atom stereocenters. The minimum Gasteiger partial charge on any atom is -0.481 e. The molecule has 0 heterocycles. The van der Waals surface area contributed by atoms with Gasteiger partial charge in [0.1, 0.15) is 0 Å². The van der Waals surface area contributed by atoms with E-state index in [9.17, 15) is 4.79 Å². The molecule has 0 aromatic rings. The van der Waals surface area contributed by atoms with E-state index >= 15 is 0 Å². The fraction of sp³-hybridized carbons (Fsp3) is 0.923. The van der Waals surface area contributed by atoms with Crippen LogP contribution in [-0.2, 0) is 4.79 Å². The van der Waals surface area contributed by atoms with Crippen molar-refractivity contribution in [3.63, 3.8) is 0 Å². The number of carbonyl (C=O) groups is 1. The van der Waals surface area contributed by atoms with Crippen LogP contribution < -0.4 is 0 Å². The number of hydrogen-bond donors (Lipinski definition) is 1. The zero-order valence-electron chi connectivity index (χ0n) is 9.83. The fourth-order valence-corrected chi connectivity index (χ4v) is 3.70. The van der Waals surface area contributed by atoms with Gasteiger partial charge in [0.15, 0.2) is 0 Å². The molecule has 0 spiro atoms. The van der Waals surface area contributed by atoms with Gasteiger partial charge in [0.25, 0.3) is 0 Å². The van der Waals surface area contributed by atoms with Gasteiger partial charge in [0.05, 0.1) is 5.92 Å². The van der Waals surface area contributed by atoms with Gasteiger partial charge in [0.2, 0.25) is 0 Å². The molecule has 0 amide bonds. The van der Waals surface area contributed by atoms with Crippen molar-refractivity contribution in [1.82, 2.24) is 0 Å². The summed E-state index contributed by atoms with van der Waals surface area (Å²) in [7, 11) is 0. The number of carboxylic acids is 1. The second kappa shape index (κ2) is 3.80. The van der Waals surface area contributed by atoms with Crippen molar-refractivity contribution in [2.24, 2.45) is 23.2 Å². The van der Waals surface area contributed by atoms with Crippen molar-refractivity contribution in [3.8, 4) is 0 Å². The maximum atomic E-state index is 11.1. The van der Waals surface area contributed by atoms with Crippen molar-refractivity contribution in [2.45, 2.75) is 52.4 Å². The molecular weight excluding hydrogens is 188 g/mol. The maximum Gasteiger partial charge on any atom is 0.307 e. The Kier molecular flexibility index (Phi) is 2.78. The topological polar surface area (TPSA) is 37.3 Å². The highest BCUT2D eigenvalue weighted by Gasteiger charge is 2.64. The van der Waals surface area contributed by atoms with Crippen LogP contribution in [0, 0.1) is 23.2 Å². The molecule has 0 radical (unpaired) electrons. The molecule has 0 bridgehead atoms. The second-order valence-electron chi connectivity index (χ2n) is 5.91. The molecule has 15 heavy (non-hydrogen) atoms. The fourth-order valence-electron chi connectivity index (χ4n) is 3.70. The van der Waals surface area contributed by atoms with E-state index in [4.69, 9.17) is 5.11 Å². The molecule has 0 saturated heterocycles. The summed E-state index contributed by atoms with van der Waals surface area (Å²) in [5.74, 6) is 0.492. The Morgan fingerprint density at radius 1 is 1.13 bits per heavy atom. The Morgan fingerprint density at radius 2 is 1.67 bits per heavy atom. The number of hydrogen-bond acceptors (Lipinski definition) is 1. The van der Waals surface area contributed by atoms with Gasteiger partial charge in [-0.1, -0.05) is 52.4 Å². The molecule has 2 aliphatic rings. The normalized spacial score (nSPS) is 35.9. The second-order valence-corrected chi connectivity index (χ2v) is 5.91. The third-order valence-electron chi connectivity index (χ3n) is 4.58. The molecule has 2 rings (SSSR count). The van der Waals surface area contributed by atoms with E-state index in [1.54, 1.807) is 0 Å². The van der Waals surface area contributed by atoms with Gasteiger partial charge >= 0.3 is 5.97 Å². The van der Waals surface area contributed by atoms with Crippen molar-refractivity contribution in [2.75, 3.05) is 0 Å². The Morgan fingerprint density at radius 3 is 2.07 bits per heavy atom. The predicted octanol–water partition coefficient (Wildman–Crippen LogP) is 3.31. The molecule has 0 aliphatic heterocycles. The zero-order chi connectivity index (χ0) is 11.1. The molecule has 2 aliphatic carbocycles. The van der Waals surface area contributed by atoms with E-state index in [0.717, 1.165) is 0 Å². The highest BCUT2D eigenvalue weighted by Crippen LogP contribution is 2.63. The average molecular weight is 210 g/mol. The standard InChI is InChI=1S/C13H22O2/c1-13(2)10(11(13)12(14)15)9-7-5-3-4-6-8-9/h9-11H,3-8H2,1-2H3,(H,14,15)/t10-,11+/m1/s1. The summed E-state index contributed by atoms with van der Waals surface area (Å²) in [4.78, 5) is 11.1. The third kappa shape index (κ3) is 1.91. The number of rotatable bonds is 2. The van der Waals surface area contributed by atoms with Gasteiger partial charge in [-0.05, 0) is 17.3 Å². The summed E-state index contributed by atoms with van der Waals surface area (Å²) in [5.41, 5.74) is 0.0564. The lowest BCUT2D eigenvalue weighted by molar-refractivity contribution is -0.139. The molecule has 2 nitrogen and oxygen atoms in total. The van der Waals surface area contributed by atoms with Gasteiger partial charge in [0, 0.05) is 0 Å². The van der Waals surface area contributed by atoms with Gasteiger partial charge < -0.3 is 5.11 Å². The first-order valence-corrected chi connectivity index (χ1v) is 6.28. The van der Waals surface area contributed by atoms with Crippen LogP contribution in [0.2, 0.25) is 0 Å². The van der Waals surface area contributed by atoms with Crippen LogP contribution in [0.25, 0.3) is 0 Å². The van der Waals surface area contributed by atoms with E-state index in [1.165, 1.54) is 38.5 Å². The largest absolute Gasteiger partial charge is 0.481 e. The van der Waals surface area contributed by atoms with Crippen molar-refractivity contribution < 1.29 is 9.90 Å². The summed E-state index contributed by atoms with van der Waals surface area (Å²) in [6.45, 7) is 4.25. The first-order chi connectivity index (χ1) is 7.05. The van der Waals surface area contributed by atoms with Gasteiger partial charge in [-0.15, -0.1) is 0 Å². The van der Waals surface area contributed by atoms with Crippen LogP contribution in [0.4, 0.5) is 0 Å². The van der Waals surface area contributed by atoms with E-state index < -0.39 is 5.97 Å². The Balaban J connectivity index is 2.02. The van der Waals surface area contributed by atoms with Crippen molar-refractivity contribution in [1.29, 1.82) is 0 Å². The molecule has 2 fully saturated rings. The Labute approximate surface area is 92.1 Å². The van der Waals surface area contributed by atoms with E-state index in [2.05, 4.69) is 13.8 Å². The first-order valence-electron chi connectivity index (χ1n) is 6.28. The average Bonchev–Trinajstić information content (AvgIpc) is 2.78. The smallest absolute Gasteiger partial charge is 0.307 e. The van der Waals surface area contributed by atoms with Crippen LogP contribution in [0.15, 0.2) is 0 Å². The van der Waals surface area contributed by atoms with Crippen LogP contribution in [0.3, 0.4) is 0 Å². The SMILES string of the molecule is CC1(C)[C@H](C(=O)O)[C@H]1C1CCCCCC1. The lowest BCUT2D eigenvalue weighted by Crippen LogP contribution is -2.07. The Hall–Kier alpha value is -0.530. The Bertz CT molecular complexity index is 249. The van der Waals surface area contributed by atoms with Crippen LogP contribution >= 0.6 is 0 Å². The monoisotopic (exact) mass is 210 g/mol. The molecule has 0 aromatic carbocycles. The third-order valence-corrected chi connectivity index (χ3v) is 4.58. The van der Waals surface area contributed by atoms with Gasteiger partial charge in [-0.25, -0.2) is 0 Å². The van der Waals surface area contributed by atoms with Crippen LogP contribution in [0.1, 0.15) is 52.4 Å². The predicted molar refractivity (Wildman–Crippen MR) is 59.6 cm³/mol. The van der Waals surface area contributed by atoms with E-state index in [1.807, 2.05) is 0 Å². The highest BCUT2D eigenvalue weighted by atomic mass is 16.4. The quantitative estimate of drug-likeness (QED) is 0.710. The molecule has 0 unspecified atom stereocenters. The maximum absolute atomic E-state index is 11.1. The molecule has 2 saturated carbocycles. The summed E-state index contributed by atoms with van der Waals surface area (Å²) in [6, 6.07) is 0. The van der Waals surface area contributed by atoms with E-state index in [0.29, 0.717) is 11.8 Å². The lowest BCUT2D eigenvalue weighted by atomic mass is 9.90. The van der Waals surface area contributed by atoms with Crippen molar-refractivity contribution >= 4 is 5.97 Å². The minimum absolute atomic E-state index is 0.0564. The minimum atomic E-state index is -0.575. The number of carboxylic acid groups (broad SMARTS) is 1. The summed E-state index contributed by atoms with van der Waals surface area (Å²) in [6.07, 6.45) is 7.84. The molecule has 1 N–H and O–H groups in total. The van der Waals surface area contributed by atoms with Crippen LogP contribution in [-0.4, -0.2) is 11.1 Å². The highest BCUT2D eigenvalue weighted by molar-refractivity contribution is 5.75. The lowest BCUT2D eigenvalue weighted by Gasteiger charge is -2.15. The number of aliphatic carboxylic acids is 1. The van der Waals surface area contributed by atoms with Crippen molar-refractivity contribution in [3.05, 3.63) is 0 Å². The molecule has 0 aromatic heterocycles.